The summed E-state index contributed by atoms with van der Waals surface area (Å²) in [6.07, 6.45) is 9.29. The van der Waals surface area contributed by atoms with Gasteiger partial charge in [0.05, 0.1) is 0 Å². The first kappa shape index (κ1) is 21.7. The van der Waals surface area contributed by atoms with Crippen LogP contribution in [0.3, 0.4) is 0 Å². The Morgan fingerprint density at radius 3 is 2.67 bits per heavy atom. The van der Waals surface area contributed by atoms with Crippen LogP contribution in [0.5, 0.6) is 5.75 Å². The van der Waals surface area contributed by atoms with Crippen LogP contribution in [0, 0.1) is 0 Å². The lowest BCUT2D eigenvalue weighted by molar-refractivity contribution is -0.127. The summed E-state index contributed by atoms with van der Waals surface area (Å²) >= 11 is 0. The highest BCUT2D eigenvalue weighted by atomic mass is 16.5. The van der Waals surface area contributed by atoms with Gasteiger partial charge in [-0.3, -0.25) is 14.7 Å². The second-order valence-electron chi connectivity index (χ2n) is 9.04. The van der Waals surface area contributed by atoms with E-state index in [-0.39, 0.29) is 11.9 Å². The van der Waals surface area contributed by atoms with Crippen LogP contribution < -0.4 is 10.1 Å². The van der Waals surface area contributed by atoms with E-state index in [9.17, 15) is 4.79 Å². The van der Waals surface area contributed by atoms with Crippen LogP contribution in [0.2, 0.25) is 0 Å². The van der Waals surface area contributed by atoms with Gasteiger partial charge in [0.15, 0.2) is 0 Å². The molecule has 1 unspecified atom stereocenters. The Morgan fingerprint density at radius 2 is 1.82 bits per heavy atom. The normalized spacial score (nSPS) is 19.2. The third-order valence-electron chi connectivity index (χ3n) is 6.73. The maximum absolute atomic E-state index is 13.6. The third kappa shape index (κ3) is 5.09. The Morgan fingerprint density at radius 1 is 1.00 bits per heavy atom. The molecule has 1 aliphatic carbocycles. The van der Waals surface area contributed by atoms with Gasteiger partial charge in [-0.05, 0) is 41.7 Å². The van der Waals surface area contributed by atoms with Crippen molar-refractivity contribution in [3.63, 3.8) is 0 Å². The molecule has 33 heavy (non-hydrogen) atoms. The van der Waals surface area contributed by atoms with Crippen molar-refractivity contribution in [1.82, 2.24) is 15.2 Å². The van der Waals surface area contributed by atoms with Gasteiger partial charge in [-0.2, -0.15) is 0 Å². The van der Waals surface area contributed by atoms with Gasteiger partial charge in [-0.15, -0.1) is 0 Å². The number of fused-ring (bicyclic) bond motifs is 1. The molecule has 0 spiro atoms. The minimum atomic E-state index is -0.418. The first-order valence-electron chi connectivity index (χ1n) is 12.0. The Bertz CT molecular complexity index is 1080. The molecular weight excluding hydrogens is 410 g/mol. The van der Waals surface area contributed by atoms with Gasteiger partial charge >= 0.3 is 0 Å². The molecule has 170 valence electrons. The molecule has 1 atom stereocenters. The van der Waals surface area contributed by atoms with Crippen molar-refractivity contribution in [1.29, 1.82) is 0 Å². The average Bonchev–Trinajstić information content (AvgIpc) is 3.04. The number of benzene rings is 2. The highest BCUT2D eigenvalue weighted by Gasteiger charge is 2.34. The molecule has 2 aliphatic rings. The molecule has 3 aromatic rings. The predicted molar refractivity (Wildman–Crippen MR) is 130 cm³/mol. The standard InChI is InChI=1S/C28H31N3O2/c32-28(30-24-12-5-2-6-13-24)27-25-19-29-15-14-26(25)33-17-16-31(27)20-21-8-7-11-23(18-21)22-9-3-1-4-10-22/h1,3-4,7-11,14-15,18-19,24,27H,2,5-6,12-13,16-17,20H2,(H,30,32). The maximum Gasteiger partial charge on any atom is 0.242 e. The Labute approximate surface area is 195 Å². The minimum Gasteiger partial charge on any atom is -0.492 e. The number of carbonyl (C=O) groups is 1. The molecule has 1 aromatic heterocycles. The monoisotopic (exact) mass is 441 g/mol. The zero-order valence-electron chi connectivity index (χ0n) is 19.0. The summed E-state index contributed by atoms with van der Waals surface area (Å²) in [7, 11) is 0. The number of amides is 1. The van der Waals surface area contributed by atoms with Crippen LogP contribution in [-0.2, 0) is 11.3 Å². The molecule has 1 N–H and O–H groups in total. The highest BCUT2D eigenvalue weighted by molar-refractivity contribution is 5.84. The van der Waals surface area contributed by atoms with E-state index in [1.165, 1.54) is 36.0 Å². The summed E-state index contributed by atoms with van der Waals surface area (Å²) < 4.78 is 6.02. The molecule has 2 heterocycles. The van der Waals surface area contributed by atoms with Crippen LogP contribution in [0.4, 0.5) is 0 Å². The lowest BCUT2D eigenvalue weighted by Crippen LogP contribution is -2.45. The van der Waals surface area contributed by atoms with E-state index in [1.807, 2.05) is 12.1 Å². The summed E-state index contributed by atoms with van der Waals surface area (Å²) in [6, 6.07) is 20.7. The molecule has 1 aliphatic heterocycles. The number of nitrogens with zero attached hydrogens (tertiary/aromatic N) is 2. The van der Waals surface area contributed by atoms with Gasteiger partial charge < -0.3 is 10.1 Å². The second kappa shape index (κ2) is 10.2. The van der Waals surface area contributed by atoms with Gasteiger partial charge in [0, 0.05) is 37.1 Å². The Balaban J connectivity index is 1.43. The third-order valence-corrected chi connectivity index (χ3v) is 6.73. The van der Waals surface area contributed by atoms with E-state index in [0.717, 1.165) is 24.2 Å². The van der Waals surface area contributed by atoms with Crippen molar-refractivity contribution in [2.24, 2.45) is 0 Å². The van der Waals surface area contributed by atoms with Crippen molar-refractivity contribution < 1.29 is 9.53 Å². The van der Waals surface area contributed by atoms with E-state index in [2.05, 4.69) is 63.7 Å². The first-order valence-corrected chi connectivity index (χ1v) is 12.0. The van der Waals surface area contributed by atoms with Gasteiger partial charge in [0.1, 0.15) is 18.4 Å². The summed E-state index contributed by atoms with van der Waals surface area (Å²) in [6.45, 7) is 1.89. The SMILES string of the molecule is O=C(NC1CCCCC1)C1c2cnccc2OCCN1Cc1cccc(-c2ccccc2)c1. The van der Waals surface area contributed by atoms with Crippen molar-refractivity contribution >= 4 is 5.91 Å². The number of hydrogen-bond acceptors (Lipinski definition) is 4. The molecule has 5 heteroatoms. The average molecular weight is 442 g/mol. The van der Waals surface area contributed by atoms with Crippen LogP contribution >= 0.6 is 0 Å². The number of pyridine rings is 1. The van der Waals surface area contributed by atoms with Crippen LogP contribution in [-0.4, -0.2) is 35.0 Å². The topological polar surface area (TPSA) is 54.5 Å². The molecular formula is C28H31N3O2. The fraction of sp³-hybridized carbons (Fsp3) is 0.357. The molecule has 2 aromatic carbocycles. The predicted octanol–water partition coefficient (Wildman–Crippen LogP) is 5.13. The number of aromatic nitrogens is 1. The Kier molecular flexibility index (Phi) is 6.68. The molecule has 0 saturated heterocycles. The van der Waals surface area contributed by atoms with Crippen molar-refractivity contribution in [2.75, 3.05) is 13.2 Å². The first-order chi connectivity index (χ1) is 16.3. The fourth-order valence-electron chi connectivity index (χ4n) is 5.05. The summed E-state index contributed by atoms with van der Waals surface area (Å²) in [5.74, 6) is 0.815. The molecule has 0 radical (unpaired) electrons. The lowest BCUT2D eigenvalue weighted by Gasteiger charge is -2.31. The molecule has 1 fully saturated rings. The van der Waals surface area contributed by atoms with E-state index in [0.29, 0.717) is 19.7 Å². The van der Waals surface area contributed by atoms with Gasteiger partial charge in [0.25, 0.3) is 0 Å². The molecule has 1 amide bonds. The van der Waals surface area contributed by atoms with E-state index >= 15 is 0 Å². The number of hydrogen-bond donors (Lipinski definition) is 1. The zero-order chi connectivity index (χ0) is 22.5. The minimum absolute atomic E-state index is 0.0564. The number of nitrogens with one attached hydrogen (secondary N) is 1. The van der Waals surface area contributed by atoms with Crippen molar-refractivity contribution in [2.45, 2.75) is 50.7 Å². The summed E-state index contributed by atoms with van der Waals surface area (Å²) in [4.78, 5) is 20.2. The van der Waals surface area contributed by atoms with E-state index in [1.54, 1.807) is 12.4 Å². The van der Waals surface area contributed by atoms with Gasteiger partial charge in [-0.25, -0.2) is 0 Å². The van der Waals surface area contributed by atoms with Crippen LogP contribution in [0.25, 0.3) is 11.1 Å². The molecule has 5 nitrogen and oxygen atoms in total. The second-order valence-corrected chi connectivity index (χ2v) is 9.04. The summed E-state index contributed by atoms with van der Waals surface area (Å²) in [5, 5.41) is 3.35. The molecule has 0 bridgehead atoms. The zero-order valence-corrected chi connectivity index (χ0v) is 19.0. The number of rotatable bonds is 5. The van der Waals surface area contributed by atoms with E-state index in [4.69, 9.17) is 4.74 Å². The largest absolute Gasteiger partial charge is 0.492 e. The molecule has 5 rings (SSSR count). The fourth-order valence-corrected chi connectivity index (χ4v) is 5.05. The van der Waals surface area contributed by atoms with Gasteiger partial charge in [0.2, 0.25) is 5.91 Å². The van der Waals surface area contributed by atoms with Crippen LogP contribution in [0.1, 0.15) is 49.3 Å². The van der Waals surface area contributed by atoms with Crippen molar-refractivity contribution in [3.05, 3.63) is 84.2 Å². The highest BCUT2D eigenvalue weighted by Crippen LogP contribution is 2.33. The lowest BCUT2D eigenvalue weighted by atomic mass is 9.94. The smallest absolute Gasteiger partial charge is 0.242 e. The van der Waals surface area contributed by atoms with E-state index < -0.39 is 6.04 Å². The maximum atomic E-state index is 13.6. The quantitative estimate of drug-likeness (QED) is 0.596. The summed E-state index contributed by atoms with van der Waals surface area (Å²) in [5.41, 5.74) is 4.41. The number of carbonyl (C=O) groups excluding carboxylic acids is 1. The van der Waals surface area contributed by atoms with Crippen LogP contribution in [0.15, 0.2) is 73.1 Å². The molecule has 1 saturated carbocycles. The Hall–Kier alpha value is -3.18. The number of ether oxygens (including phenoxy) is 1. The van der Waals surface area contributed by atoms with Crippen molar-refractivity contribution in [3.8, 4) is 16.9 Å². The van der Waals surface area contributed by atoms with Gasteiger partial charge in [-0.1, -0.05) is 67.8 Å².